The highest BCUT2D eigenvalue weighted by atomic mass is 15.2. The predicted octanol–water partition coefficient (Wildman–Crippen LogP) is 9.76. The predicted molar refractivity (Wildman–Crippen MR) is 178 cm³/mol. The van der Waals surface area contributed by atoms with Gasteiger partial charge in [-0.3, -0.25) is 4.57 Å². The molecule has 4 nitrogen and oxygen atoms in total. The maximum absolute atomic E-state index is 5.10. The zero-order valence-electron chi connectivity index (χ0n) is 23.1. The third-order valence-corrected chi connectivity index (χ3v) is 8.43. The minimum absolute atomic E-state index is 0.600. The Hall–Kier alpha value is -5.87. The summed E-state index contributed by atoms with van der Waals surface area (Å²) in [6.45, 7) is 0. The van der Waals surface area contributed by atoms with Crippen LogP contribution in [0.15, 0.2) is 146 Å². The number of hydrogen-bond donors (Lipinski definition) is 0. The van der Waals surface area contributed by atoms with E-state index in [0.717, 1.165) is 22.2 Å². The molecular weight excluding hydrogens is 524 g/mol. The molecule has 43 heavy (non-hydrogen) atoms. The lowest BCUT2D eigenvalue weighted by molar-refractivity contribution is 0.953. The normalized spacial score (nSPS) is 11.7. The Morgan fingerprint density at radius 2 is 0.791 bits per heavy atom. The number of para-hydroxylation sites is 1. The Balaban J connectivity index is 1.45. The molecule has 0 saturated carbocycles. The molecule has 0 atom stereocenters. The van der Waals surface area contributed by atoms with E-state index in [9.17, 15) is 0 Å². The highest BCUT2D eigenvalue weighted by Crippen LogP contribution is 2.43. The van der Waals surface area contributed by atoms with Crippen molar-refractivity contribution >= 4 is 54.1 Å². The molecule has 4 heteroatoms. The van der Waals surface area contributed by atoms with E-state index in [-0.39, 0.29) is 0 Å². The number of fused-ring (bicyclic) bond motifs is 10. The zero-order chi connectivity index (χ0) is 28.3. The van der Waals surface area contributed by atoms with Crippen molar-refractivity contribution in [1.82, 2.24) is 19.5 Å². The minimum Gasteiger partial charge on any atom is -0.278 e. The molecule has 9 aromatic rings. The summed E-state index contributed by atoms with van der Waals surface area (Å²) in [5, 5.41) is 9.91. The molecule has 200 valence electrons. The zero-order valence-corrected chi connectivity index (χ0v) is 23.1. The van der Waals surface area contributed by atoms with E-state index >= 15 is 0 Å². The van der Waals surface area contributed by atoms with Crippen molar-refractivity contribution in [3.63, 3.8) is 0 Å². The number of hydrogen-bond acceptors (Lipinski definition) is 3. The second-order valence-corrected chi connectivity index (χ2v) is 10.8. The van der Waals surface area contributed by atoms with Crippen molar-refractivity contribution < 1.29 is 0 Å². The van der Waals surface area contributed by atoms with E-state index in [1.54, 1.807) is 0 Å². The number of benzene rings is 7. The van der Waals surface area contributed by atoms with Gasteiger partial charge in [0.1, 0.15) is 0 Å². The Morgan fingerprint density at radius 1 is 0.326 bits per heavy atom. The first-order valence-electron chi connectivity index (χ1n) is 14.5. The lowest BCUT2D eigenvalue weighted by Crippen LogP contribution is -2.06. The van der Waals surface area contributed by atoms with E-state index in [1.807, 2.05) is 60.7 Å². The van der Waals surface area contributed by atoms with Gasteiger partial charge in [-0.2, -0.15) is 9.97 Å². The summed E-state index contributed by atoms with van der Waals surface area (Å²) >= 11 is 0. The van der Waals surface area contributed by atoms with Crippen LogP contribution in [0.2, 0.25) is 0 Å². The highest BCUT2D eigenvalue weighted by molar-refractivity contribution is 6.35. The van der Waals surface area contributed by atoms with Gasteiger partial charge >= 0.3 is 0 Å². The van der Waals surface area contributed by atoms with Crippen molar-refractivity contribution in [1.29, 1.82) is 0 Å². The van der Waals surface area contributed by atoms with Crippen molar-refractivity contribution in [3.8, 4) is 28.7 Å². The lowest BCUT2D eigenvalue weighted by Gasteiger charge is -2.13. The Labute approximate surface area is 247 Å². The fourth-order valence-electron chi connectivity index (χ4n) is 6.57. The van der Waals surface area contributed by atoms with E-state index in [1.165, 1.54) is 43.1 Å². The Bertz CT molecular complexity index is 2400. The maximum atomic E-state index is 5.10. The summed E-state index contributed by atoms with van der Waals surface area (Å²) in [6.07, 6.45) is 0. The molecule has 0 unspecified atom stereocenters. The smallest absolute Gasteiger partial charge is 0.238 e. The maximum Gasteiger partial charge on any atom is 0.238 e. The SMILES string of the molecule is c1ccc(-c2nc(-c3ccccc3)nc(-n3c4ccccc4c4c5c6ccccc6c6ccccc6c5ccc43)n2)cc1. The second-order valence-electron chi connectivity index (χ2n) is 10.8. The van der Waals surface area contributed by atoms with Crippen LogP contribution in [0.4, 0.5) is 0 Å². The van der Waals surface area contributed by atoms with Gasteiger partial charge in [-0.15, -0.1) is 0 Å². The van der Waals surface area contributed by atoms with Crippen LogP contribution in [-0.2, 0) is 0 Å². The van der Waals surface area contributed by atoms with E-state index < -0.39 is 0 Å². The second kappa shape index (κ2) is 9.33. The third kappa shape index (κ3) is 3.60. The molecule has 0 aliphatic rings. The first kappa shape index (κ1) is 23.8. The van der Waals surface area contributed by atoms with Crippen LogP contribution in [0.3, 0.4) is 0 Å². The van der Waals surface area contributed by atoms with Crippen LogP contribution in [0.25, 0.3) is 82.8 Å². The summed E-state index contributed by atoms with van der Waals surface area (Å²) in [4.78, 5) is 15.1. The van der Waals surface area contributed by atoms with Gasteiger partial charge in [0, 0.05) is 27.3 Å². The van der Waals surface area contributed by atoms with Crippen LogP contribution >= 0.6 is 0 Å². The highest BCUT2D eigenvalue weighted by Gasteiger charge is 2.21. The van der Waals surface area contributed by atoms with Crippen molar-refractivity contribution in [3.05, 3.63) is 146 Å². The van der Waals surface area contributed by atoms with Crippen LogP contribution in [0.5, 0.6) is 0 Å². The molecule has 9 rings (SSSR count). The summed E-state index contributed by atoms with van der Waals surface area (Å²) < 4.78 is 2.20. The molecule has 0 N–H and O–H groups in total. The van der Waals surface area contributed by atoms with Crippen molar-refractivity contribution in [2.75, 3.05) is 0 Å². The fraction of sp³-hybridized carbons (Fsp3) is 0. The van der Waals surface area contributed by atoms with E-state index in [2.05, 4.69) is 89.5 Å². The van der Waals surface area contributed by atoms with Crippen LogP contribution in [0, 0.1) is 0 Å². The summed E-state index contributed by atoms with van der Waals surface area (Å²) in [5.74, 6) is 1.89. The largest absolute Gasteiger partial charge is 0.278 e. The van der Waals surface area contributed by atoms with Crippen molar-refractivity contribution in [2.45, 2.75) is 0 Å². The van der Waals surface area contributed by atoms with Gasteiger partial charge in [0.25, 0.3) is 0 Å². The van der Waals surface area contributed by atoms with E-state index in [0.29, 0.717) is 17.6 Å². The van der Waals surface area contributed by atoms with Gasteiger partial charge in [0.05, 0.1) is 11.0 Å². The molecule has 2 heterocycles. The first-order valence-corrected chi connectivity index (χ1v) is 14.5. The standard InChI is InChI=1S/C39H24N4/c1-3-13-25(14-4-1)37-40-38(26-15-5-2-6-16-26)42-39(41-37)43-33-22-12-11-21-32(33)36-34(43)24-23-31-29-19-8-7-17-27(29)28-18-9-10-20-30(28)35(31)36/h1-24H. The average Bonchev–Trinajstić information content (AvgIpc) is 3.43. The third-order valence-electron chi connectivity index (χ3n) is 8.43. The van der Waals surface area contributed by atoms with Crippen LogP contribution < -0.4 is 0 Å². The van der Waals surface area contributed by atoms with Gasteiger partial charge in [0.15, 0.2) is 11.6 Å². The van der Waals surface area contributed by atoms with Gasteiger partial charge in [0.2, 0.25) is 5.95 Å². The molecule has 0 amide bonds. The van der Waals surface area contributed by atoms with Gasteiger partial charge in [-0.05, 0) is 39.1 Å². The number of rotatable bonds is 3. The quantitative estimate of drug-likeness (QED) is 0.206. The first-order chi connectivity index (χ1) is 21.3. The molecule has 0 spiro atoms. The number of aromatic nitrogens is 4. The molecule has 7 aromatic carbocycles. The molecular formula is C39H24N4. The molecule has 2 aromatic heterocycles. The van der Waals surface area contributed by atoms with Crippen molar-refractivity contribution in [2.24, 2.45) is 0 Å². The fourth-order valence-corrected chi connectivity index (χ4v) is 6.57. The van der Waals surface area contributed by atoms with Gasteiger partial charge in [-0.1, -0.05) is 133 Å². The molecule has 0 aliphatic heterocycles. The lowest BCUT2D eigenvalue weighted by atomic mass is 9.92. The van der Waals surface area contributed by atoms with Gasteiger partial charge in [-0.25, -0.2) is 4.98 Å². The van der Waals surface area contributed by atoms with Crippen LogP contribution in [-0.4, -0.2) is 19.5 Å². The molecule has 0 saturated heterocycles. The molecule has 0 radical (unpaired) electrons. The Morgan fingerprint density at radius 3 is 1.40 bits per heavy atom. The van der Waals surface area contributed by atoms with Gasteiger partial charge < -0.3 is 0 Å². The topological polar surface area (TPSA) is 43.6 Å². The minimum atomic E-state index is 0.600. The molecule has 0 aliphatic carbocycles. The van der Waals surface area contributed by atoms with E-state index in [4.69, 9.17) is 15.0 Å². The molecule has 0 fully saturated rings. The molecule has 0 bridgehead atoms. The summed E-state index contributed by atoms with van der Waals surface area (Å²) in [7, 11) is 0. The van der Waals surface area contributed by atoms with Crippen LogP contribution in [0.1, 0.15) is 0 Å². The summed E-state index contributed by atoms with van der Waals surface area (Å²) in [5.41, 5.74) is 4.03. The number of nitrogens with zero attached hydrogens (tertiary/aromatic N) is 4. The average molecular weight is 549 g/mol. The monoisotopic (exact) mass is 548 g/mol. The summed E-state index contributed by atoms with van der Waals surface area (Å²) in [6, 6.07) is 50.8. The Kier molecular flexibility index (Phi) is 5.16.